The van der Waals surface area contributed by atoms with Crippen molar-refractivity contribution in [2.24, 2.45) is 4.99 Å². The third-order valence-corrected chi connectivity index (χ3v) is 5.60. The van der Waals surface area contributed by atoms with E-state index in [9.17, 15) is 0 Å². The molecule has 1 saturated heterocycles. The molecule has 0 spiro atoms. The molecule has 2 aromatic rings. The van der Waals surface area contributed by atoms with E-state index in [1.165, 1.54) is 5.56 Å². The van der Waals surface area contributed by atoms with Crippen LogP contribution < -0.4 is 10.6 Å². The van der Waals surface area contributed by atoms with Crippen LogP contribution in [-0.2, 0) is 23.1 Å². The van der Waals surface area contributed by atoms with Gasteiger partial charge in [0.05, 0.1) is 0 Å². The summed E-state index contributed by atoms with van der Waals surface area (Å²) >= 11 is 6.26. The van der Waals surface area contributed by atoms with Gasteiger partial charge in [0.15, 0.2) is 5.96 Å². The van der Waals surface area contributed by atoms with Gasteiger partial charge in [-0.1, -0.05) is 30.7 Å². The van der Waals surface area contributed by atoms with Crippen molar-refractivity contribution < 1.29 is 4.74 Å². The molecule has 3 rings (SSSR count). The zero-order valence-electron chi connectivity index (χ0n) is 16.6. The van der Waals surface area contributed by atoms with Crippen LogP contribution in [0, 0.1) is 0 Å². The van der Waals surface area contributed by atoms with Crippen molar-refractivity contribution >= 4 is 17.6 Å². The summed E-state index contributed by atoms with van der Waals surface area (Å²) in [7, 11) is 1.79. The van der Waals surface area contributed by atoms with Crippen molar-refractivity contribution in [3.8, 4) is 0 Å². The molecule has 0 saturated carbocycles. The van der Waals surface area contributed by atoms with E-state index in [2.05, 4.69) is 49.4 Å². The van der Waals surface area contributed by atoms with Crippen molar-refractivity contribution in [3.63, 3.8) is 0 Å². The van der Waals surface area contributed by atoms with Crippen LogP contribution in [0.1, 0.15) is 31.2 Å². The first-order valence-corrected chi connectivity index (χ1v) is 10.2. The molecule has 0 radical (unpaired) electrons. The molecule has 1 aliphatic heterocycles. The lowest BCUT2D eigenvalue weighted by Gasteiger charge is -2.38. The van der Waals surface area contributed by atoms with Crippen molar-refractivity contribution in [2.75, 3.05) is 33.4 Å². The fraction of sp³-hybridized carbons (Fsp3) is 0.550. The molecule has 0 unspecified atom stereocenters. The van der Waals surface area contributed by atoms with E-state index in [4.69, 9.17) is 16.3 Å². The predicted octanol–water partition coefficient (Wildman–Crippen LogP) is 2.41. The summed E-state index contributed by atoms with van der Waals surface area (Å²) in [6, 6.07) is 8.17. The van der Waals surface area contributed by atoms with Crippen molar-refractivity contribution in [3.05, 3.63) is 47.0 Å². The maximum Gasteiger partial charge on any atom is 0.191 e. The molecule has 7 nitrogen and oxygen atoms in total. The number of aliphatic imine (C=N–C) groups is 1. The van der Waals surface area contributed by atoms with Crippen molar-refractivity contribution in [1.82, 2.24) is 25.4 Å². The molecule has 152 valence electrons. The van der Waals surface area contributed by atoms with E-state index in [1.54, 1.807) is 13.4 Å². The Morgan fingerprint density at radius 1 is 1.32 bits per heavy atom. The van der Waals surface area contributed by atoms with E-state index in [0.29, 0.717) is 0 Å². The van der Waals surface area contributed by atoms with Gasteiger partial charge in [0.25, 0.3) is 0 Å². The van der Waals surface area contributed by atoms with Crippen LogP contribution in [0.4, 0.5) is 0 Å². The van der Waals surface area contributed by atoms with Crippen LogP contribution >= 0.6 is 11.6 Å². The maximum atomic E-state index is 6.26. The van der Waals surface area contributed by atoms with Gasteiger partial charge in [-0.15, -0.1) is 10.2 Å². The summed E-state index contributed by atoms with van der Waals surface area (Å²) in [5.74, 6) is 1.78. The molecule has 0 bridgehead atoms. The number of halogens is 1. The number of ether oxygens (including phenoxy) is 1. The standard InChI is InChI=1S/C20H29ClN6O/c1-3-18-26-25-15-27(18)10-9-23-19(22-2)24-14-20(7-11-28-12-8-20)16-5-4-6-17(21)13-16/h4-6,13,15H,3,7-12,14H2,1-2H3,(H2,22,23,24). The van der Waals surface area contributed by atoms with Gasteiger partial charge in [-0.3, -0.25) is 4.99 Å². The molecule has 0 atom stereocenters. The molecule has 1 fully saturated rings. The molecular weight excluding hydrogens is 376 g/mol. The molecule has 2 heterocycles. The fourth-order valence-electron chi connectivity index (χ4n) is 3.66. The van der Waals surface area contributed by atoms with E-state index in [-0.39, 0.29) is 5.41 Å². The lowest BCUT2D eigenvalue weighted by Crippen LogP contribution is -2.48. The number of nitrogens with zero attached hydrogens (tertiary/aromatic N) is 4. The Kier molecular flexibility index (Phi) is 7.28. The van der Waals surface area contributed by atoms with Crippen LogP contribution in [-0.4, -0.2) is 54.1 Å². The highest BCUT2D eigenvalue weighted by molar-refractivity contribution is 6.30. The Balaban J connectivity index is 1.60. The van der Waals surface area contributed by atoms with E-state index in [1.807, 2.05) is 12.1 Å². The minimum Gasteiger partial charge on any atom is -0.381 e. The Morgan fingerprint density at radius 3 is 2.86 bits per heavy atom. The van der Waals surface area contributed by atoms with Gasteiger partial charge in [-0.05, 0) is 30.5 Å². The van der Waals surface area contributed by atoms with Crippen molar-refractivity contribution in [2.45, 2.75) is 38.1 Å². The summed E-state index contributed by atoms with van der Waals surface area (Å²) in [5, 5.41) is 15.8. The van der Waals surface area contributed by atoms with Gasteiger partial charge in [0.2, 0.25) is 0 Å². The Bertz CT molecular complexity index is 785. The van der Waals surface area contributed by atoms with Gasteiger partial charge >= 0.3 is 0 Å². The first kappa shape index (κ1) is 20.6. The minimum absolute atomic E-state index is 0.00951. The van der Waals surface area contributed by atoms with E-state index in [0.717, 1.165) is 68.9 Å². The van der Waals surface area contributed by atoms with Crippen LogP contribution in [0.15, 0.2) is 35.6 Å². The van der Waals surface area contributed by atoms with Gasteiger partial charge < -0.3 is 19.9 Å². The number of aromatic nitrogens is 3. The molecule has 8 heteroatoms. The quantitative estimate of drug-likeness (QED) is 0.547. The zero-order chi connectivity index (χ0) is 19.8. The average molecular weight is 405 g/mol. The molecule has 1 aromatic carbocycles. The third kappa shape index (κ3) is 5.02. The first-order chi connectivity index (χ1) is 13.7. The fourth-order valence-corrected chi connectivity index (χ4v) is 3.85. The molecule has 1 aliphatic rings. The Hall–Kier alpha value is -2.12. The normalized spacial score (nSPS) is 16.8. The van der Waals surface area contributed by atoms with E-state index < -0.39 is 0 Å². The lowest BCUT2D eigenvalue weighted by atomic mass is 9.74. The third-order valence-electron chi connectivity index (χ3n) is 5.36. The van der Waals surface area contributed by atoms with Crippen molar-refractivity contribution in [1.29, 1.82) is 0 Å². The smallest absolute Gasteiger partial charge is 0.191 e. The number of guanidine groups is 1. The van der Waals surface area contributed by atoms with Gasteiger partial charge in [-0.25, -0.2) is 0 Å². The summed E-state index contributed by atoms with van der Waals surface area (Å²) in [6.45, 7) is 5.92. The lowest BCUT2D eigenvalue weighted by molar-refractivity contribution is 0.0514. The highest BCUT2D eigenvalue weighted by atomic mass is 35.5. The highest BCUT2D eigenvalue weighted by Gasteiger charge is 2.34. The Labute approximate surface area is 171 Å². The molecule has 1 aromatic heterocycles. The average Bonchev–Trinajstić information content (AvgIpc) is 3.18. The molecule has 28 heavy (non-hydrogen) atoms. The van der Waals surface area contributed by atoms with E-state index >= 15 is 0 Å². The Morgan fingerprint density at radius 2 is 2.14 bits per heavy atom. The maximum absolute atomic E-state index is 6.26. The second kappa shape index (κ2) is 9.89. The predicted molar refractivity (Wildman–Crippen MR) is 112 cm³/mol. The first-order valence-electron chi connectivity index (χ1n) is 9.82. The highest BCUT2D eigenvalue weighted by Crippen LogP contribution is 2.35. The summed E-state index contributed by atoms with van der Waals surface area (Å²) < 4.78 is 7.68. The number of benzene rings is 1. The second-order valence-corrected chi connectivity index (χ2v) is 7.49. The monoisotopic (exact) mass is 404 g/mol. The minimum atomic E-state index is -0.00951. The molecule has 0 aliphatic carbocycles. The van der Waals surface area contributed by atoms with Gasteiger partial charge in [-0.2, -0.15) is 0 Å². The number of hydrogen-bond donors (Lipinski definition) is 2. The zero-order valence-corrected chi connectivity index (χ0v) is 17.4. The topological polar surface area (TPSA) is 76.4 Å². The summed E-state index contributed by atoms with van der Waals surface area (Å²) in [4.78, 5) is 4.37. The molecule has 0 amide bonds. The van der Waals surface area contributed by atoms with Crippen LogP contribution in [0.3, 0.4) is 0 Å². The summed E-state index contributed by atoms with van der Waals surface area (Å²) in [6.07, 6.45) is 4.56. The van der Waals surface area contributed by atoms with Crippen LogP contribution in [0.25, 0.3) is 0 Å². The molecule has 2 N–H and O–H groups in total. The number of rotatable bonds is 7. The molecular formula is C20H29ClN6O. The van der Waals surface area contributed by atoms with Crippen LogP contribution in [0.5, 0.6) is 0 Å². The van der Waals surface area contributed by atoms with Gasteiger partial charge in [0.1, 0.15) is 12.2 Å². The van der Waals surface area contributed by atoms with Crippen LogP contribution in [0.2, 0.25) is 5.02 Å². The number of aryl methyl sites for hydroxylation is 1. The SMILES string of the molecule is CCc1nncn1CCNC(=NC)NCC1(c2cccc(Cl)c2)CCOCC1. The largest absolute Gasteiger partial charge is 0.381 e. The summed E-state index contributed by atoms with van der Waals surface area (Å²) in [5.41, 5.74) is 1.24. The number of hydrogen-bond acceptors (Lipinski definition) is 4. The number of nitrogens with one attached hydrogen (secondary N) is 2. The second-order valence-electron chi connectivity index (χ2n) is 7.05. The van der Waals surface area contributed by atoms with Gasteiger partial charge in [0, 0.05) is 56.8 Å².